The number of amides is 1. The van der Waals surface area contributed by atoms with Crippen molar-refractivity contribution in [2.45, 2.75) is 33.2 Å². The zero-order valence-corrected chi connectivity index (χ0v) is 18.3. The van der Waals surface area contributed by atoms with Crippen LogP contribution in [-0.2, 0) is 16.1 Å². The molecular formula is C23H23N3O4S. The lowest BCUT2D eigenvalue weighted by molar-refractivity contribution is -0.128. The average molecular weight is 438 g/mol. The molecule has 3 aromatic rings. The van der Waals surface area contributed by atoms with Crippen molar-refractivity contribution in [3.8, 4) is 5.13 Å². The first-order valence-electron chi connectivity index (χ1n) is 10.1. The van der Waals surface area contributed by atoms with Crippen LogP contribution in [-0.4, -0.2) is 45.3 Å². The van der Waals surface area contributed by atoms with Crippen molar-refractivity contribution in [3.63, 3.8) is 0 Å². The van der Waals surface area contributed by atoms with Crippen molar-refractivity contribution in [2.75, 3.05) is 13.2 Å². The second-order valence-corrected chi connectivity index (χ2v) is 8.42. The summed E-state index contributed by atoms with van der Waals surface area (Å²) in [5, 5.41) is 2.67. The number of ether oxygens (including phenoxy) is 1. The molecule has 7 nitrogen and oxygen atoms in total. The summed E-state index contributed by atoms with van der Waals surface area (Å²) < 4.78 is 7.17. The number of carbonyl (C=O) groups is 3. The highest BCUT2D eigenvalue weighted by molar-refractivity contribution is 7.12. The predicted octanol–water partition coefficient (Wildman–Crippen LogP) is 3.71. The van der Waals surface area contributed by atoms with E-state index in [0.29, 0.717) is 24.1 Å². The molecule has 0 bridgehead atoms. The van der Waals surface area contributed by atoms with Gasteiger partial charge in [-0.2, -0.15) is 0 Å². The maximum Gasteiger partial charge on any atom is 0.338 e. The SMILES string of the molecule is Cc1cc(C(=O)COC(=O)c2ccc(CN3CCCC3=O)cc2)c(C)n1-c1nccs1. The van der Waals surface area contributed by atoms with Gasteiger partial charge in [-0.3, -0.25) is 14.2 Å². The van der Waals surface area contributed by atoms with E-state index in [1.54, 1.807) is 24.4 Å². The molecule has 0 saturated carbocycles. The molecule has 3 heterocycles. The molecule has 0 spiro atoms. The summed E-state index contributed by atoms with van der Waals surface area (Å²) in [6.07, 6.45) is 3.21. The molecule has 1 saturated heterocycles. The highest BCUT2D eigenvalue weighted by atomic mass is 32.1. The van der Waals surface area contributed by atoms with E-state index in [1.807, 2.05) is 40.8 Å². The maximum atomic E-state index is 12.7. The minimum absolute atomic E-state index is 0.163. The van der Waals surface area contributed by atoms with Crippen molar-refractivity contribution in [2.24, 2.45) is 0 Å². The van der Waals surface area contributed by atoms with E-state index in [9.17, 15) is 14.4 Å². The maximum absolute atomic E-state index is 12.7. The molecule has 0 N–H and O–H groups in total. The minimum atomic E-state index is -0.550. The van der Waals surface area contributed by atoms with E-state index in [0.717, 1.165) is 35.0 Å². The second kappa shape index (κ2) is 8.85. The Bertz CT molecular complexity index is 1120. The lowest BCUT2D eigenvalue weighted by Crippen LogP contribution is -2.23. The number of likely N-dealkylation sites (tertiary alicyclic amines) is 1. The van der Waals surface area contributed by atoms with Gasteiger partial charge in [-0.15, -0.1) is 11.3 Å². The van der Waals surface area contributed by atoms with Crippen LogP contribution in [0.1, 0.15) is 50.5 Å². The third-order valence-electron chi connectivity index (χ3n) is 5.41. The zero-order chi connectivity index (χ0) is 22.0. The fraction of sp³-hybridized carbons (Fsp3) is 0.304. The number of benzene rings is 1. The molecule has 4 rings (SSSR count). The number of carbonyl (C=O) groups excluding carboxylic acids is 3. The molecule has 0 atom stereocenters. The van der Waals surface area contributed by atoms with Gasteiger partial charge in [0.1, 0.15) is 0 Å². The molecular weight excluding hydrogens is 414 g/mol. The Hall–Kier alpha value is -3.26. The fourth-order valence-corrected chi connectivity index (χ4v) is 4.55. The molecule has 1 aliphatic rings. The average Bonchev–Trinajstić information content (AvgIpc) is 3.48. The molecule has 2 aromatic heterocycles. The minimum Gasteiger partial charge on any atom is -0.454 e. The first-order chi connectivity index (χ1) is 14.9. The Morgan fingerprint density at radius 3 is 2.61 bits per heavy atom. The quantitative estimate of drug-likeness (QED) is 0.416. The summed E-state index contributed by atoms with van der Waals surface area (Å²) in [6.45, 7) is 4.75. The number of Topliss-reactive ketones (excluding diaryl/α,β-unsaturated/α-hetero) is 1. The number of hydrogen-bond donors (Lipinski definition) is 0. The summed E-state index contributed by atoms with van der Waals surface area (Å²) in [6, 6.07) is 8.74. The normalized spacial score (nSPS) is 13.6. The van der Waals surface area contributed by atoms with Crippen LogP contribution < -0.4 is 0 Å². The standard InChI is InChI=1S/C23H23N3O4S/c1-15-12-19(16(2)26(15)23-24-9-11-31-23)20(27)14-30-22(29)18-7-5-17(6-8-18)13-25-10-3-4-21(25)28/h5-9,11-12H,3-4,10,13-14H2,1-2H3. The number of rotatable bonds is 7. The van der Waals surface area contributed by atoms with Gasteiger partial charge in [-0.1, -0.05) is 12.1 Å². The van der Waals surface area contributed by atoms with Crippen LogP contribution >= 0.6 is 11.3 Å². The van der Waals surface area contributed by atoms with Gasteiger partial charge in [0.05, 0.1) is 5.56 Å². The highest BCUT2D eigenvalue weighted by Gasteiger charge is 2.21. The lowest BCUT2D eigenvalue weighted by atomic mass is 10.1. The molecule has 1 amide bonds. The third-order valence-corrected chi connectivity index (χ3v) is 6.17. The largest absolute Gasteiger partial charge is 0.454 e. The molecule has 0 aliphatic carbocycles. The molecule has 8 heteroatoms. The van der Waals surface area contributed by atoms with E-state index in [-0.39, 0.29) is 18.3 Å². The van der Waals surface area contributed by atoms with Gasteiger partial charge < -0.3 is 9.64 Å². The smallest absolute Gasteiger partial charge is 0.338 e. The van der Waals surface area contributed by atoms with Gasteiger partial charge in [0.2, 0.25) is 11.7 Å². The summed E-state index contributed by atoms with van der Waals surface area (Å²) in [4.78, 5) is 42.9. The van der Waals surface area contributed by atoms with Gasteiger partial charge in [0, 0.05) is 48.0 Å². The molecule has 1 aliphatic heterocycles. The molecule has 1 fully saturated rings. The third kappa shape index (κ3) is 4.44. The van der Waals surface area contributed by atoms with Crippen LogP contribution in [0.25, 0.3) is 5.13 Å². The van der Waals surface area contributed by atoms with Crippen LogP contribution in [0.5, 0.6) is 0 Å². The molecule has 160 valence electrons. The summed E-state index contributed by atoms with van der Waals surface area (Å²) in [5.41, 5.74) is 3.52. The molecule has 31 heavy (non-hydrogen) atoms. The Balaban J connectivity index is 1.37. The van der Waals surface area contributed by atoms with Crippen molar-refractivity contribution in [3.05, 3.63) is 70.0 Å². The molecule has 0 radical (unpaired) electrons. The number of aryl methyl sites for hydroxylation is 1. The first-order valence-corrected chi connectivity index (χ1v) is 11.0. The van der Waals surface area contributed by atoms with Gasteiger partial charge >= 0.3 is 5.97 Å². The monoisotopic (exact) mass is 437 g/mol. The summed E-state index contributed by atoms with van der Waals surface area (Å²) in [5.74, 6) is -0.643. The van der Waals surface area contributed by atoms with Gasteiger partial charge in [-0.05, 0) is 44.0 Å². The number of nitrogens with zero attached hydrogens (tertiary/aromatic N) is 3. The Morgan fingerprint density at radius 1 is 1.19 bits per heavy atom. The van der Waals surface area contributed by atoms with Crippen molar-refractivity contribution in [1.82, 2.24) is 14.5 Å². The number of esters is 1. The fourth-order valence-electron chi connectivity index (χ4n) is 3.80. The van der Waals surface area contributed by atoms with Gasteiger partial charge in [0.15, 0.2) is 11.7 Å². The summed E-state index contributed by atoms with van der Waals surface area (Å²) >= 11 is 1.49. The highest BCUT2D eigenvalue weighted by Crippen LogP contribution is 2.23. The number of thiazole rings is 1. The van der Waals surface area contributed by atoms with Crippen molar-refractivity contribution < 1.29 is 19.1 Å². The Morgan fingerprint density at radius 2 is 1.97 bits per heavy atom. The van der Waals surface area contributed by atoms with Gasteiger partial charge in [-0.25, -0.2) is 9.78 Å². The first kappa shape index (κ1) is 21.0. The van der Waals surface area contributed by atoms with E-state index >= 15 is 0 Å². The van der Waals surface area contributed by atoms with E-state index in [1.165, 1.54) is 11.3 Å². The van der Waals surface area contributed by atoms with Crippen LogP contribution in [0.3, 0.4) is 0 Å². The topological polar surface area (TPSA) is 81.5 Å². The van der Waals surface area contributed by atoms with Gasteiger partial charge in [0.25, 0.3) is 0 Å². The van der Waals surface area contributed by atoms with E-state index in [4.69, 9.17) is 4.74 Å². The Labute approximate surface area is 184 Å². The van der Waals surface area contributed by atoms with Crippen molar-refractivity contribution in [1.29, 1.82) is 0 Å². The molecule has 0 unspecified atom stereocenters. The van der Waals surface area contributed by atoms with Crippen LogP contribution in [0.2, 0.25) is 0 Å². The Kier molecular flexibility index (Phi) is 5.99. The number of aromatic nitrogens is 2. The number of ketones is 1. The van der Waals surface area contributed by atoms with Crippen LogP contribution in [0.15, 0.2) is 41.9 Å². The second-order valence-electron chi connectivity index (χ2n) is 7.55. The number of hydrogen-bond acceptors (Lipinski definition) is 6. The lowest BCUT2D eigenvalue weighted by Gasteiger charge is -2.15. The predicted molar refractivity (Wildman–Crippen MR) is 117 cm³/mol. The van der Waals surface area contributed by atoms with Crippen molar-refractivity contribution >= 4 is 29.0 Å². The van der Waals surface area contributed by atoms with E-state index in [2.05, 4.69) is 4.98 Å². The molecule has 1 aromatic carbocycles. The van der Waals surface area contributed by atoms with Crippen LogP contribution in [0, 0.1) is 13.8 Å². The van der Waals surface area contributed by atoms with E-state index < -0.39 is 5.97 Å². The van der Waals surface area contributed by atoms with Crippen LogP contribution in [0.4, 0.5) is 0 Å². The zero-order valence-electron chi connectivity index (χ0n) is 17.5. The summed E-state index contributed by atoms with van der Waals surface area (Å²) in [7, 11) is 0.